The molecule has 3 aromatic heterocycles. The third kappa shape index (κ3) is 3.26. The van der Waals surface area contributed by atoms with Gasteiger partial charge in [-0.3, -0.25) is 0 Å². The molecule has 130 valence electrons. The van der Waals surface area contributed by atoms with Gasteiger partial charge < -0.3 is 4.74 Å². The Kier molecular flexibility index (Phi) is 3.59. The van der Waals surface area contributed by atoms with Crippen LogP contribution < -0.4 is 4.74 Å². The minimum atomic E-state index is 0.232. The van der Waals surface area contributed by atoms with Gasteiger partial charge in [-0.15, -0.1) is 15.3 Å². The molecular weight excluding hydrogens is 332 g/mol. The van der Waals surface area contributed by atoms with Crippen LogP contribution in [-0.4, -0.2) is 46.7 Å². The van der Waals surface area contributed by atoms with Crippen LogP contribution in [0.5, 0.6) is 5.75 Å². The predicted octanol–water partition coefficient (Wildman–Crippen LogP) is 1.47. The van der Waals surface area contributed by atoms with E-state index in [9.17, 15) is 0 Å². The fourth-order valence-electron chi connectivity index (χ4n) is 2.48. The monoisotopic (exact) mass is 348 g/mol. The Morgan fingerprint density at radius 2 is 2.15 bits per heavy atom. The zero-order valence-electron chi connectivity index (χ0n) is 14.0. The molecule has 3 heterocycles. The van der Waals surface area contributed by atoms with E-state index in [1.807, 2.05) is 12.3 Å². The molecule has 0 bridgehead atoms. The van der Waals surface area contributed by atoms with Crippen LogP contribution in [0.25, 0.3) is 22.8 Å². The first-order valence-electron chi connectivity index (χ1n) is 8.64. The van der Waals surface area contributed by atoms with Crippen LogP contribution in [0.1, 0.15) is 25.7 Å². The first-order chi connectivity index (χ1) is 12.8. The third-order valence-corrected chi connectivity index (χ3v) is 4.18. The van der Waals surface area contributed by atoms with Gasteiger partial charge in [-0.25, -0.2) is 9.67 Å². The highest BCUT2D eigenvalue weighted by Crippen LogP contribution is 2.34. The van der Waals surface area contributed by atoms with Gasteiger partial charge in [0.05, 0.1) is 12.3 Å². The summed E-state index contributed by atoms with van der Waals surface area (Å²) in [6, 6.07) is 1.87. The normalized spacial score (nSPS) is 16.2. The molecule has 1 N–H and O–H groups in total. The van der Waals surface area contributed by atoms with Gasteiger partial charge in [0.1, 0.15) is 23.7 Å². The quantitative estimate of drug-likeness (QED) is 0.696. The first kappa shape index (κ1) is 15.0. The number of hydrogen-bond acceptors (Lipinski definition) is 7. The molecule has 2 fully saturated rings. The fourth-order valence-corrected chi connectivity index (χ4v) is 2.48. The first-order valence-corrected chi connectivity index (χ1v) is 8.64. The van der Waals surface area contributed by atoms with Crippen molar-refractivity contribution in [2.75, 3.05) is 0 Å². The van der Waals surface area contributed by atoms with E-state index >= 15 is 0 Å². The van der Waals surface area contributed by atoms with Gasteiger partial charge in [0.2, 0.25) is 5.82 Å². The lowest BCUT2D eigenvalue weighted by molar-refractivity contribution is 0.303. The second kappa shape index (κ2) is 6.22. The van der Waals surface area contributed by atoms with E-state index in [1.165, 1.54) is 12.8 Å². The van der Waals surface area contributed by atoms with E-state index in [-0.39, 0.29) is 6.10 Å². The van der Waals surface area contributed by atoms with E-state index in [4.69, 9.17) is 4.74 Å². The van der Waals surface area contributed by atoms with E-state index in [1.54, 1.807) is 10.9 Å². The highest BCUT2D eigenvalue weighted by atomic mass is 16.5. The van der Waals surface area contributed by atoms with Crippen molar-refractivity contribution in [1.82, 2.24) is 40.6 Å². The van der Waals surface area contributed by atoms with Crippen LogP contribution in [0.4, 0.5) is 0 Å². The predicted molar refractivity (Wildman–Crippen MR) is 90.6 cm³/mol. The smallest absolute Gasteiger partial charge is 0.206 e. The lowest BCUT2D eigenvalue weighted by Gasteiger charge is -2.09. The largest absolute Gasteiger partial charge is 0.488 e. The molecular formula is C17H16N8O. The summed E-state index contributed by atoms with van der Waals surface area (Å²) in [5.41, 5.74) is 2.06. The van der Waals surface area contributed by atoms with Crippen molar-refractivity contribution in [2.45, 2.75) is 38.3 Å². The molecule has 0 radical (unpaired) electrons. The number of aromatic amines is 1. The van der Waals surface area contributed by atoms with E-state index < -0.39 is 0 Å². The summed E-state index contributed by atoms with van der Waals surface area (Å²) < 4.78 is 7.75. The Morgan fingerprint density at radius 3 is 2.92 bits per heavy atom. The SMILES string of the molecule is C(#CC1CC1)Cn1cc(-c2ncc(-c3nn[nH]n3)cc2OC2CC2)nn1. The molecule has 0 aromatic carbocycles. The molecule has 0 saturated heterocycles. The third-order valence-electron chi connectivity index (χ3n) is 4.18. The topological polar surface area (TPSA) is 107 Å². The number of rotatable bonds is 5. The van der Waals surface area contributed by atoms with Crippen LogP contribution >= 0.6 is 0 Å². The van der Waals surface area contributed by atoms with Crippen molar-refractivity contribution in [3.63, 3.8) is 0 Å². The number of nitrogens with zero attached hydrogens (tertiary/aromatic N) is 7. The molecule has 0 amide bonds. The Labute approximate surface area is 149 Å². The van der Waals surface area contributed by atoms with E-state index in [2.05, 4.69) is 47.8 Å². The van der Waals surface area contributed by atoms with Gasteiger partial charge in [-0.05, 0) is 37.0 Å². The van der Waals surface area contributed by atoms with Gasteiger partial charge in [-0.1, -0.05) is 17.1 Å². The van der Waals surface area contributed by atoms with Crippen LogP contribution in [0, 0.1) is 17.8 Å². The molecule has 3 aromatic rings. The fraction of sp³-hybridized carbons (Fsp3) is 0.412. The maximum Gasteiger partial charge on any atom is 0.206 e. The number of tetrazole rings is 1. The molecule has 0 atom stereocenters. The molecule has 0 spiro atoms. The van der Waals surface area contributed by atoms with Crippen molar-refractivity contribution in [2.24, 2.45) is 5.92 Å². The van der Waals surface area contributed by atoms with Crippen LogP contribution in [0.2, 0.25) is 0 Å². The van der Waals surface area contributed by atoms with Crippen molar-refractivity contribution >= 4 is 0 Å². The summed E-state index contributed by atoms with van der Waals surface area (Å²) in [5.74, 6) is 8.08. The van der Waals surface area contributed by atoms with Crippen LogP contribution in [0.3, 0.4) is 0 Å². The lowest BCUT2D eigenvalue weighted by Crippen LogP contribution is -2.00. The summed E-state index contributed by atoms with van der Waals surface area (Å²) >= 11 is 0. The van der Waals surface area contributed by atoms with Crippen molar-refractivity contribution in [3.05, 3.63) is 18.5 Å². The maximum absolute atomic E-state index is 6.03. The number of aromatic nitrogens is 8. The minimum absolute atomic E-state index is 0.232. The van der Waals surface area contributed by atoms with Crippen LogP contribution in [-0.2, 0) is 6.54 Å². The second-order valence-electron chi connectivity index (χ2n) is 6.52. The average Bonchev–Trinajstić information content (AvgIpc) is 3.54. The molecule has 26 heavy (non-hydrogen) atoms. The molecule has 5 rings (SSSR count). The molecule has 0 unspecified atom stereocenters. The standard InChI is InChI=1S/C17H16N8O/c1(2-11-3-4-11)7-25-10-14(19-24-25)16-15(26-13-5-6-13)8-12(9-18-16)17-20-22-23-21-17/h8-11,13H,3-7H2,(H,20,21,22,23). The molecule has 9 nitrogen and oxygen atoms in total. The summed E-state index contributed by atoms with van der Waals surface area (Å²) in [6.45, 7) is 0.531. The molecule has 9 heteroatoms. The Bertz CT molecular complexity index is 976. The van der Waals surface area contributed by atoms with Gasteiger partial charge in [0.15, 0.2) is 0 Å². The summed E-state index contributed by atoms with van der Waals surface area (Å²) in [4.78, 5) is 4.52. The molecule has 0 aliphatic heterocycles. The molecule has 2 aliphatic rings. The highest BCUT2D eigenvalue weighted by Gasteiger charge is 2.26. The van der Waals surface area contributed by atoms with Crippen molar-refractivity contribution < 1.29 is 4.74 Å². The Morgan fingerprint density at radius 1 is 1.23 bits per heavy atom. The van der Waals surface area contributed by atoms with Gasteiger partial charge >= 0.3 is 0 Å². The lowest BCUT2D eigenvalue weighted by atomic mass is 10.2. The second-order valence-corrected chi connectivity index (χ2v) is 6.52. The zero-order chi connectivity index (χ0) is 17.3. The Hall–Kier alpha value is -3.28. The average molecular weight is 348 g/mol. The Balaban J connectivity index is 1.43. The summed E-state index contributed by atoms with van der Waals surface area (Å²) in [5, 5.41) is 22.4. The van der Waals surface area contributed by atoms with Crippen LogP contribution in [0.15, 0.2) is 18.5 Å². The van der Waals surface area contributed by atoms with Crippen molar-refractivity contribution in [1.29, 1.82) is 0 Å². The summed E-state index contributed by atoms with van der Waals surface area (Å²) in [7, 11) is 0. The van der Waals surface area contributed by atoms with Gasteiger partial charge in [-0.2, -0.15) is 5.21 Å². The molecule has 2 aliphatic carbocycles. The number of ether oxygens (including phenoxy) is 1. The maximum atomic E-state index is 6.03. The highest BCUT2D eigenvalue weighted by molar-refractivity contribution is 5.67. The van der Waals surface area contributed by atoms with E-state index in [0.717, 1.165) is 18.4 Å². The van der Waals surface area contributed by atoms with Gasteiger partial charge in [0.25, 0.3) is 0 Å². The van der Waals surface area contributed by atoms with Crippen molar-refractivity contribution in [3.8, 4) is 40.4 Å². The number of H-pyrrole nitrogens is 1. The number of hydrogen-bond donors (Lipinski definition) is 1. The minimum Gasteiger partial charge on any atom is -0.488 e. The zero-order valence-corrected chi connectivity index (χ0v) is 14.0. The summed E-state index contributed by atoms with van der Waals surface area (Å²) in [6.07, 6.45) is 8.30. The molecule has 2 saturated carbocycles. The number of pyridine rings is 1. The van der Waals surface area contributed by atoms with E-state index in [0.29, 0.717) is 35.4 Å². The number of nitrogens with one attached hydrogen (secondary N) is 1. The van der Waals surface area contributed by atoms with Gasteiger partial charge in [0, 0.05) is 17.7 Å².